The van der Waals surface area contributed by atoms with Gasteiger partial charge in [-0.15, -0.1) is 0 Å². The van der Waals surface area contributed by atoms with E-state index in [0.29, 0.717) is 0 Å². The Hall–Kier alpha value is -7.52. The maximum atomic E-state index is 5.37. The highest BCUT2D eigenvalue weighted by molar-refractivity contribution is 7.99. The van der Waals surface area contributed by atoms with Crippen molar-refractivity contribution in [2.75, 3.05) is 0 Å². The molecule has 0 N–H and O–H groups in total. The average molecular weight is 846 g/mol. The van der Waals surface area contributed by atoms with E-state index in [4.69, 9.17) is 4.98 Å². The largest absolute Gasteiger partial charge is 0.248 e. The Bertz CT molecular complexity index is 3440. The number of nitrogens with zero attached hydrogens (tertiary/aromatic N) is 1. The van der Waals surface area contributed by atoms with Gasteiger partial charge in [0.1, 0.15) is 0 Å². The van der Waals surface area contributed by atoms with E-state index in [1.165, 1.54) is 93.2 Å². The second-order valence-corrected chi connectivity index (χ2v) is 19.3. The third-order valence-corrected chi connectivity index (χ3v) is 15.5. The van der Waals surface area contributed by atoms with Crippen LogP contribution in [0.4, 0.5) is 0 Å². The fourth-order valence-corrected chi connectivity index (χ4v) is 12.4. The van der Waals surface area contributed by atoms with Crippen molar-refractivity contribution in [1.29, 1.82) is 0 Å². The first kappa shape index (κ1) is 38.0. The van der Waals surface area contributed by atoms with Gasteiger partial charge in [0.15, 0.2) is 0 Å². The quantitative estimate of drug-likeness (QED) is 0.171. The van der Waals surface area contributed by atoms with Crippen LogP contribution in [0.1, 0.15) is 47.2 Å². The van der Waals surface area contributed by atoms with Crippen LogP contribution in [0, 0.1) is 0 Å². The molecule has 0 saturated carbocycles. The Morgan fingerprint density at radius 3 is 1.42 bits per heavy atom. The van der Waals surface area contributed by atoms with Crippen LogP contribution < -0.4 is 0 Å². The standard InChI is InChI=1S/C63H43NS/c1-62(2)55-37-44(59-28-16-27-58(64-59)43-22-15-21-42(33-43)47-35-45(40-17-5-3-6-18-40)34-46(36-47)41-19-7-4-8-20-41)31-32-49(55)50-38-51-48-23-9-10-24-52(48)63(57(51)39-56(50)62)53-25-11-13-29-60(53)65-61-30-14-12-26-54(61)63/h3-39H,1-2H3. The first-order chi connectivity index (χ1) is 31.9. The summed E-state index contributed by atoms with van der Waals surface area (Å²) in [5.41, 5.74) is 24.2. The van der Waals surface area contributed by atoms with E-state index in [1.807, 2.05) is 11.8 Å². The molecule has 0 fully saturated rings. The average Bonchev–Trinajstić information content (AvgIpc) is 3.78. The predicted molar refractivity (Wildman–Crippen MR) is 270 cm³/mol. The van der Waals surface area contributed by atoms with Crippen molar-refractivity contribution in [3.8, 4) is 78.1 Å². The third-order valence-electron chi connectivity index (χ3n) is 14.3. The van der Waals surface area contributed by atoms with Gasteiger partial charge in [-0.25, -0.2) is 4.98 Å². The van der Waals surface area contributed by atoms with Crippen LogP contribution in [-0.2, 0) is 10.8 Å². The second-order valence-electron chi connectivity index (χ2n) is 18.2. The molecule has 2 aliphatic carbocycles. The van der Waals surface area contributed by atoms with Crippen LogP contribution in [0.25, 0.3) is 78.1 Å². The lowest BCUT2D eigenvalue weighted by Gasteiger charge is -2.40. The molecule has 13 rings (SSSR count). The Labute approximate surface area is 385 Å². The molecule has 306 valence electrons. The van der Waals surface area contributed by atoms with Crippen molar-refractivity contribution in [2.45, 2.75) is 34.5 Å². The van der Waals surface area contributed by atoms with Gasteiger partial charge >= 0.3 is 0 Å². The molecular formula is C63H43NS. The zero-order valence-electron chi connectivity index (χ0n) is 36.2. The van der Waals surface area contributed by atoms with Crippen LogP contribution in [0.2, 0.25) is 0 Å². The lowest BCUT2D eigenvalue weighted by atomic mass is 9.66. The number of hydrogen-bond acceptors (Lipinski definition) is 2. The Balaban J connectivity index is 0.894. The van der Waals surface area contributed by atoms with Gasteiger partial charge in [-0.2, -0.15) is 0 Å². The normalized spacial score (nSPS) is 14.2. The van der Waals surface area contributed by atoms with Crippen LogP contribution >= 0.6 is 11.8 Å². The van der Waals surface area contributed by atoms with Crippen LogP contribution in [0.5, 0.6) is 0 Å². The van der Waals surface area contributed by atoms with E-state index in [0.717, 1.165) is 28.1 Å². The molecule has 1 spiro atoms. The lowest BCUT2D eigenvalue weighted by Crippen LogP contribution is -2.32. The third kappa shape index (κ3) is 5.77. The zero-order chi connectivity index (χ0) is 43.3. The summed E-state index contributed by atoms with van der Waals surface area (Å²) >= 11 is 1.90. The highest BCUT2D eigenvalue weighted by Crippen LogP contribution is 2.64. The van der Waals surface area contributed by atoms with Crippen molar-refractivity contribution < 1.29 is 0 Å². The smallest absolute Gasteiger partial charge is 0.0735 e. The van der Waals surface area contributed by atoms with E-state index in [1.54, 1.807) is 0 Å². The Kier molecular flexibility index (Phi) is 8.48. The second kappa shape index (κ2) is 14.5. The molecule has 0 amide bonds. The van der Waals surface area contributed by atoms with E-state index in [-0.39, 0.29) is 5.41 Å². The summed E-state index contributed by atoms with van der Waals surface area (Å²) in [6, 6.07) is 83.0. The van der Waals surface area contributed by atoms with E-state index in [2.05, 4.69) is 238 Å². The Morgan fingerprint density at radius 1 is 0.292 bits per heavy atom. The molecule has 65 heavy (non-hydrogen) atoms. The van der Waals surface area contributed by atoms with Gasteiger partial charge < -0.3 is 0 Å². The lowest BCUT2D eigenvalue weighted by molar-refractivity contribution is 0.654. The molecule has 2 heteroatoms. The number of hydrogen-bond donors (Lipinski definition) is 0. The molecule has 3 aliphatic rings. The van der Waals surface area contributed by atoms with Crippen molar-refractivity contribution in [1.82, 2.24) is 4.98 Å². The number of fused-ring (bicyclic) bond motifs is 12. The minimum absolute atomic E-state index is 0.229. The van der Waals surface area contributed by atoms with Crippen LogP contribution in [0.3, 0.4) is 0 Å². The number of aromatic nitrogens is 1. The molecule has 9 aromatic carbocycles. The van der Waals surface area contributed by atoms with Crippen molar-refractivity contribution in [3.63, 3.8) is 0 Å². The molecule has 0 unspecified atom stereocenters. The molecule has 0 saturated heterocycles. The maximum absolute atomic E-state index is 5.37. The van der Waals surface area contributed by atoms with E-state index < -0.39 is 5.41 Å². The van der Waals surface area contributed by atoms with Crippen LogP contribution in [0.15, 0.2) is 234 Å². The summed E-state index contributed by atoms with van der Waals surface area (Å²) in [5, 5.41) is 0. The Morgan fingerprint density at radius 2 is 0.754 bits per heavy atom. The molecule has 10 aromatic rings. The van der Waals surface area contributed by atoms with Gasteiger partial charge in [0, 0.05) is 26.3 Å². The number of benzene rings is 9. The summed E-state index contributed by atoms with van der Waals surface area (Å²) in [6.07, 6.45) is 0. The SMILES string of the molecule is CC1(C)c2cc(-c3cccc(-c4cccc(-c5cc(-c6ccccc6)cc(-c6ccccc6)c5)c4)n3)ccc2-c2cc3c(cc21)C1(c2ccccc2Sc2ccccc21)c1ccccc1-3. The summed E-state index contributed by atoms with van der Waals surface area (Å²) < 4.78 is 0. The molecule has 2 heterocycles. The first-order valence-corrected chi connectivity index (χ1v) is 23.4. The fourth-order valence-electron chi connectivity index (χ4n) is 11.2. The summed E-state index contributed by atoms with van der Waals surface area (Å²) in [5.74, 6) is 0. The molecule has 1 nitrogen and oxygen atoms in total. The summed E-state index contributed by atoms with van der Waals surface area (Å²) in [4.78, 5) is 8.04. The predicted octanol–water partition coefficient (Wildman–Crippen LogP) is 16.6. The first-order valence-electron chi connectivity index (χ1n) is 22.6. The molecule has 0 radical (unpaired) electrons. The van der Waals surface area contributed by atoms with Crippen LogP contribution in [-0.4, -0.2) is 4.98 Å². The topological polar surface area (TPSA) is 12.9 Å². The molecular weight excluding hydrogens is 803 g/mol. The highest BCUT2D eigenvalue weighted by Gasteiger charge is 2.51. The molecule has 1 aromatic heterocycles. The van der Waals surface area contributed by atoms with Crippen molar-refractivity contribution in [2.24, 2.45) is 0 Å². The van der Waals surface area contributed by atoms with Gasteiger partial charge in [0.25, 0.3) is 0 Å². The number of pyridine rings is 1. The molecule has 1 aliphatic heterocycles. The monoisotopic (exact) mass is 845 g/mol. The summed E-state index contributed by atoms with van der Waals surface area (Å²) in [7, 11) is 0. The van der Waals surface area contributed by atoms with Crippen molar-refractivity contribution >= 4 is 11.8 Å². The van der Waals surface area contributed by atoms with Gasteiger partial charge in [-0.05, 0) is 150 Å². The van der Waals surface area contributed by atoms with Gasteiger partial charge in [-0.3, -0.25) is 0 Å². The van der Waals surface area contributed by atoms with Gasteiger partial charge in [-0.1, -0.05) is 189 Å². The minimum atomic E-state index is -0.397. The van der Waals surface area contributed by atoms with E-state index >= 15 is 0 Å². The van der Waals surface area contributed by atoms with Gasteiger partial charge in [0.2, 0.25) is 0 Å². The summed E-state index contributed by atoms with van der Waals surface area (Å²) in [6.45, 7) is 4.82. The zero-order valence-corrected chi connectivity index (χ0v) is 37.0. The number of rotatable bonds is 5. The van der Waals surface area contributed by atoms with Crippen molar-refractivity contribution in [3.05, 3.63) is 258 Å². The highest BCUT2D eigenvalue weighted by atomic mass is 32.2. The molecule has 0 bridgehead atoms. The van der Waals surface area contributed by atoms with E-state index in [9.17, 15) is 0 Å². The van der Waals surface area contributed by atoms with Gasteiger partial charge in [0.05, 0.1) is 16.8 Å². The minimum Gasteiger partial charge on any atom is -0.248 e. The maximum Gasteiger partial charge on any atom is 0.0735 e. The molecule has 0 atom stereocenters. The fraction of sp³-hybridized carbons (Fsp3) is 0.0635.